The number of aryl methyl sites for hydroxylation is 1. The van der Waals surface area contributed by atoms with E-state index in [1.807, 2.05) is 0 Å². The summed E-state index contributed by atoms with van der Waals surface area (Å²) in [4.78, 5) is 3.90. The molecule has 0 atom stereocenters. The zero-order valence-corrected chi connectivity index (χ0v) is 12.1. The van der Waals surface area contributed by atoms with Gasteiger partial charge in [-0.15, -0.1) is 0 Å². The highest BCUT2D eigenvalue weighted by Gasteiger charge is 2.35. The normalized spacial score (nSPS) is 18.0. The summed E-state index contributed by atoms with van der Waals surface area (Å²) in [6, 6.07) is -0.123. The maximum absolute atomic E-state index is 12.6. The smallest absolute Gasteiger partial charge is 0.262 e. The van der Waals surface area contributed by atoms with Crippen LogP contribution in [0.4, 0.5) is 0 Å². The van der Waals surface area contributed by atoms with Crippen molar-refractivity contribution < 1.29 is 13.6 Å². The number of hydrogen-bond donors (Lipinski definition) is 2. The molecule has 2 rings (SSSR count). The summed E-state index contributed by atoms with van der Waals surface area (Å²) in [5, 5.41) is 11.5. The molecule has 9 heteroatoms. The van der Waals surface area contributed by atoms with Gasteiger partial charge in [-0.1, -0.05) is 18.0 Å². The Morgan fingerprint density at radius 2 is 2.25 bits per heavy atom. The minimum Gasteiger partial charge on any atom is -0.409 e. The second-order valence-electron chi connectivity index (χ2n) is 4.96. The average molecular weight is 301 g/mol. The van der Waals surface area contributed by atoms with Gasteiger partial charge in [0.1, 0.15) is 0 Å². The first-order valence-corrected chi connectivity index (χ1v) is 7.85. The number of aromatic nitrogens is 2. The maximum Gasteiger partial charge on any atom is 0.262 e. The van der Waals surface area contributed by atoms with E-state index >= 15 is 0 Å². The fourth-order valence-electron chi connectivity index (χ4n) is 2.44. The van der Waals surface area contributed by atoms with Crippen LogP contribution in [0.1, 0.15) is 25.7 Å². The second-order valence-corrected chi connectivity index (χ2v) is 6.79. The highest BCUT2D eigenvalue weighted by Crippen LogP contribution is 2.27. The standard InChI is InChI=1S/C11H19N5O3S/c1-15-7-11(13-8-15)20(18,19)16(6-10(12)14-17)9-4-2-3-5-9/h7-9,17H,2-6H2,1H3,(H2,12,14). The molecule has 1 aromatic heterocycles. The Morgan fingerprint density at radius 3 is 2.75 bits per heavy atom. The molecule has 8 nitrogen and oxygen atoms in total. The van der Waals surface area contributed by atoms with E-state index in [4.69, 9.17) is 10.9 Å². The summed E-state index contributed by atoms with van der Waals surface area (Å²) in [7, 11) is -2.04. The molecular weight excluding hydrogens is 282 g/mol. The van der Waals surface area contributed by atoms with Crippen LogP contribution >= 0.6 is 0 Å². The Labute approximate surface area is 117 Å². The Balaban J connectivity index is 2.34. The van der Waals surface area contributed by atoms with E-state index in [9.17, 15) is 8.42 Å². The first kappa shape index (κ1) is 14.8. The molecule has 1 aliphatic rings. The number of imidazole rings is 1. The number of nitrogens with zero attached hydrogens (tertiary/aromatic N) is 4. The Hall–Kier alpha value is -1.61. The lowest BCUT2D eigenvalue weighted by Crippen LogP contribution is -2.44. The molecule has 1 heterocycles. The third-order valence-electron chi connectivity index (χ3n) is 3.43. The Bertz CT molecular complexity index is 589. The molecular formula is C11H19N5O3S. The first-order chi connectivity index (χ1) is 9.45. The fourth-order valence-corrected chi connectivity index (χ4v) is 4.06. The van der Waals surface area contributed by atoms with Crippen LogP contribution in [0.2, 0.25) is 0 Å². The van der Waals surface area contributed by atoms with Gasteiger partial charge in [0.25, 0.3) is 10.0 Å². The molecule has 0 unspecified atom stereocenters. The molecule has 0 bridgehead atoms. The lowest BCUT2D eigenvalue weighted by Gasteiger charge is -2.26. The molecule has 3 N–H and O–H groups in total. The minimum absolute atomic E-state index is 0.0161. The van der Waals surface area contributed by atoms with Gasteiger partial charge in [0, 0.05) is 19.3 Å². The van der Waals surface area contributed by atoms with Crippen LogP contribution in [0.15, 0.2) is 22.7 Å². The van der Waals surface area contributed by atoms with Crippen molar-refractivity contribution in [2.75, 3.05) is 6.54 Å². The van der Waals surface area contributed by atoms with Crippen LogP contribution in [0, 0.1) is 0 Å². The molecule has 1 aromatic rings. The average Bonchev–Trinajstić information content (AvgIpc) is 3.06. The summed E-state index contributed by atoms with van der Waals surface area (Å²) in [5.41, 5.74) is 5.49. The lowest BCUT2D eigenvalue weighted by molar-refractivity contribution is 0.308. The van der Waals surface area contributed by atoms with Gasteiger partial charge in [0.2, 0.25) is 0 Å². The molecule has 0 aliphatic heterocycles. The van der Waals surface area contributed by atoms with Crippen LogP contribution in [-0.2, 0) is 17.1 Å². The molecule has 1 saturated carbocycles. The van der Waals surface area contributed by atoms with E-state index in [0.29, 0.717) is 0 Å². The van der Waals surface area contributed by atoms with Crippen molar-refractivity contribution in [2.24, 2.45) is 17.9 Å². The number of rotatable bonds is 5. The van der Waals surface area contributed by atoms with Gasteiger partial charge in [-0.3, -0.25) is 0 Å². The van der Waals surface area contributed by atoms with E-state index in [1.165, 1.54) is 16.8 Å². The van der Waals surface area contributed by atoms with Crippen molar-refractivity contribution in [2.45, 2.75) is 36.8 Å². The topological polar surface area (TPSA) is 114 Å². The zero-order chi connectivity index (χ0) is 14.8. The molecule has 20 heavy (non-hydrogen) atoms. The van der Waals surface area contributed by atoms with Crippen molar-refractivity contribution in [3.05, 3.63) is 12.5 Å². The summed E-state index contributed by atoms with van der Waals surface area (Å²) < 4.78 is 28.1. The SMILES string of the molecule is Cn1cnc(S(=O)(=O)N(CC(N)=NO)C2CCCC2)c1. The van der Waals surface area contributed by atoms with Gasteiger partial charge in [0.05, 0.1) is 12.9 Å². The maximum atomic E-state index is 12.6. The molecule has 0 amide bonds. The predicted molar refractivity (Wildman–Crippen MR) is 72.8 cm³/mol. The predicted octanol–water partition coefficient (Wildman–Crippen LogP) is 0.0998. The summed E-state index contributed by atoms with van der Waals surface area (Å²) in [6.45, 7) is -0.125. The van der Waals surface area contributed by atoms with Crippen LogP contribution in [0.3, 0.4) is 0 Å². The van der Waals surface area contributed by atoms with Gasteiger partial charge in [-0.05, 0) is 12.8 Å². The number of hydrogen-bond acceptors (Lipinski definition) is 5. The van der Waals surface area contributed by atoms with Crippen molar-refractivity contribution in [3.63, 3.8) is 0 Å². The van der Waals surface area contributed by atoms with Crippen molar-refractivity contribution in [3.8, 4) is 0 Å². The number of oxime groups is 1. The van der Waals surface area contributed by atoms with Crippen LogP contribution in [-0.4, -0.2) is 45.9 Å². The van der Waals surface area contributed by atoms with E-state index in [1.54, 1.807) is 11.6 Å². The first-order valence-electron chi connectivity index (χ1n) is 6.41. The van der Waals surface area contributed by atoms with Crippen molar-refractivity contribution in [1.82, 2.24) is 13.9 Å². The third kappa shape index (κ3) is 2.93. The van der Waals surface area contributed by atoms with Crippen molar-refractivity contribution in [1.29, 1.82) is 0 Å². The molecule has 0 spiro atoms. The minimum atomic E-state index is -3.74. The third-order valence-corrected chi connectivity index (χ3v) is 5.22. The molecule has 112 valence electrons. The Morgan fingerprint density at radius 1 is 1.60 bits per heavy atom. The quantitative estimate of drug-likeness (QED) is 0.346. The molecule has 1 fully saturated rings. The summed E-state index contributed by atoms with van der Waals surface area (Å²) in [6.07, 6.45) is 6.41. The van der Waals surface area contributed by atoms with E-state index in [-0.39, 0.29) is 23.4 Å². The number of nitrogens with two attached hydrogens (primary N) is 1. The van der Waals surface area contributed by atoms with E-state index in [2.05, 4.69) is 10.1 Å². The van der Waals surface area contributed by atoms with Crippen molar-refractivity contribution >= 4 is 15.9 Å². The number of amidine groups is 1. The van der Waals surface area contributed by atoms with Gasteiger partial charge >= 0.3 is 0 Å². The second kappa shape index (κ2) is 5.80. The molecule has 0 aromatic carbocycles. The van der Waals surface area contributed by atoms with Gasteiger partial charge in [-0.25, -0.2) is 13.4 Å². The van der Waals surface area contributed by atoms with E-state index in [0.717, 1.165) is 25.7 Å². The highest BCUT2D eigenvalue weighted by molar-refractivity contribution is 7.89. The lowest BCUT2D eigenvalue weighted by atomic mass is 10.2. The van der Waals surface area contributed by atoms with Gasteiger partial charge < -0.3 is 15.5 Å². The van der Waals surface area contributed by atoms with Crippen LogP contribution in [0.5, 0.6) is 0 Å². The van der Waals surface area contributed by atoms with Crippen LogP contribution < -0.4 is 5.73 Å². The Kier molecular flexibility index (Phi) is 4.29. The largest absolute Gasteiger partial charge is 0.409 e. The highest BCUT2D eigenvalue weighted by atomic mass is 32.2. The monoisotopic (exact) mass is 301 g/mol. The summed E-state index contributed by atoms with van der Waals surface area (Å²) >= 11 is 0. The molecule has 0 radical (unpaired) electrons. The van der Waals surface area contributed by atoms with E-state index < -0.39 is 10.0 Å². The van der Waals surface area contributed by atoms with Crippen LogP contribution in [0.25, 0.3) is 0 Å². The molecule has 0 saturated heterocycles. The summed E-state index contributed by atoms with van der Waals surface area (Å²) in [5.74, 6) is -0.128. The molecule has 1 aliphatic carbocycles. The zero-order valence-electron chi connectivity index (χ0n) is 11.3. The number of sulfonamides is 1. The fraction of sp³-hybridized carbons (Fsp3) is 0.636. The van der Waals surface area contributed by atoms with Gasteiger partial charge in [-0.2, -0.15) is 4.31 Å². The van der Waals surface area contributed by atoms with Gasteiger partial charge in [0.15, 0.2) is 10.9 Å².